The SMILES string of the molecule is CCOC(=O)c1cc(CCCC(=O)Nc2nc(-c3ccc(NC(=O)OC(C)(C)C)cc3)cs2)on1. The molecule has 0 unspecified atom stereocenters. The van der Waals surface area contributed by atoms with Gasteiger partial charge in [0.2, 0.25) is 5.91 Å². The molecule has 2 aromatic heterocycles. The second kappa shape index (κ2) is 11.6. The van der Waals surface area contributed by atoms with Crippen molar-refractivity contribution in [3.8, 4) is 11.3 Å². The van der Waals surface area contributed by atoms with E-state index in [1.165, 1.54) is 17.4 Å². The lowest BCUT2D eigenvalue weighted by molar-refractivity contribution is -0.116. The highest BCUT2D eigenvalue weighted by Crippen LogP contribution is 2.26. The van der Waals surface area contributed by atoms with Crippen LogP contribution in [-0.2, 0) is 20.7 Å². The maximum atomic E-state index is 12.3. The summed E-state index contributed by atoms with van der Waals surface area (Å²) in [5.41, 5.74) is 1.71. The fourth-order valence-electron chi connectivity index (χ4n) is 2.95. The molecule has 0 saturated carbocycles. The first-order chi connectivity index (χ1) is 16.6. The number of nitrogens with zero attached hydrogens (tertiary/aromatic N) is 2. The molecule has 0 aliphatic heterocycles. The largest absolute Gasteiger partial charge is 0.461 e. The maximum absolute atomic E-state index is 12.3. The molecule has 0 fully saturated rings. The van der Waals surface area contributed by atoms with Gasteiger partial charge in [-0.15, -0.1) is 11.3 Å². The molecule has 1 aromatic carbocycles. The summed E-state index contributed by atoms with van der Waals surface area (Å²) in [5.74, 6) is -0.191. The average Bonchev–Trinajstić information content (AvgIpc) is 3.43. The molecular weight excluding hydrogens is 472 g/mol. The first-order valence-corrected chi connectivity index (χ1v) is 12.0. The van der Waals surface area contributed by atoms with Crippen molar-refractivity contribution in [2.24, 2.45) is 0 Å². The molecule has 0 spiro atoms. The number of carbonyl (C=O) groups excluding carboxylic acids is 3. The number of amides is 2. The van der Waals surface area contributed by atoms with Crippen molar-refractivity contribution < 1.29 is 28.4 Å². The molecule has 0 radical (unpaired) electrons. The number of esters is 1. The third-order valence-electron chi connectivity index (χ3n) is 4.45. The predicted molar refractivity (Wildman–Crippen MR) is 131 cm³/mol. The van der Waals surface area contributed by atoms with Crippen LogP contribution in [0.1, 0.15) is 56.8 Å². The highest BCUT2D eigenvalue weighted by atomic mass is 32.1. The van der Waals surface area contributed by atoms with Crippen LogP contribution in [0.3, 0.4) is 0 Å². The van der Waals surface area contributed by atoms with Crippen LogP contribution in [0.25, 0.3) is 11.3 Å². The van der Waals surface area contributed by atoms with Gasteiger partial charge in [-0.1, -0.05) is 17.3 Å². The fourth-order valence-corrected chi connectivity index (χ4v) is 3.68. The summed E-state index contributed by atoms with van der Waals surface area (Å²) in [4.78, 5) is 40.2. The highest BCUT2D eigenvalue weighted by Gasteiger charge is 2.17. The third kappa shape index (κ3) is 8.21. The normalized spacial score (nSPS) is 11.1. The Hall–Kier alpha value is -3.73. The van der Waals surface area contributed by atoms with Gasteiger partial charge >= 0.3 is 12.1 Å². The van der Waals surface area contributed by atoms with Crippen LogP contribution in [0.4, 0.5) is 15.6 Å². The minimum Gasteiger partial charge on any atom is -0.461 e. The van der Waals surface area contributed by atoms with Gasteiger partial charge in [-0.25, -0.2) is 14.6 Å². The molecule has 0 aliphatic carbocycles. The Morgan fingerprint density at radius 3 is 2.54 bits per heavy atom. The van der Waals surface area contributed by atoms with Crippen LogP contribution in [0.5, 0.6) is 0 Å². The topological polar surface area (TPSA) is 133 Å². The molecule has 0 bridgehead atoms. The zero-order valence-electron chi connectivity index (χ0n) is 20.0. The van der Waals surface area contributed by atoms with Gasteiger partial charge in [0.05, 0.1) is 12.3 Å². The second-order valence-corrected chi connectivity index (χ2v) is 9.40. The first-order valence-electron chi connectivity index (χ1n) is 11.1. The third-order valence-corrected chi connectivity index (χ3v) is 5.20. The van der Waals surface area contributed by atoms with Crippen LogP contribution in [-0.4, -0.2) is 40.3 Å². The van der Waals surface area contributed by atoms with Crippen LogP contribution >= 0.6 is 11.3 Å². The van der Waals surface area contributed by atoms with Crippen molar-refractivity contribution >= 4 is 40.1 Å². The number of aryl methyl sites for hydroxylation is 1. The summed E-state index contributed by atoms with van der Waals surface area (Å²) in [6.07, 6.45) is 0.724. The van der Waals surface area contributed by atoms with Gasteiger partial charge in [0.25, 0.3) is 0 Å². The smallest absolute Gasteiger partial charge is 0.412 e. The van der Waals surface area contributed by atoms with Gasteiger partial charge in [0, 0.05) is 35.5 Å². The van der Waals surface area contributed by atoms with Gasteiger partial charge in [-0.05, 0) is 46.2 Å². The van der Waals surface area contributed by atoms with E-state index < -0.39 is 17.7 Å². The van der Waals surface area contributed by atoms with Crippen LogP contribution < -0.4 is 10.6 Å². The zero-order chi connectivity index (χ0) is 25.4. The molecule has 3 rings (SSSR count). The fraction of sp³-hybridized carbons (Fsp3) is 0.375. The molecule has 186 valence electrons. The Morgan fingerprint density at radius 2 is 1.86 bits per heavy atom. The number of nitrogens with one attached hydrogen (secondary N) is 2. The number of aromatic nitrogens is 2. The van der Waals surface area contributed by atoms with Crippen molar-refractivity contribution in [3.05, 3.63) is 47.2 Å². The summed E-state index contributed by atoms with van der Waals surface area (Å²) in [6.45, 7) is 7.37. The Kier molecular flexibility index (Phi) is 8.58. The Bertz CT molecular complexity index is 1160. The minimum atomic E-state index is -0.574. The lowest BCUT2D eigenvalue weighted by Crippen LogP contribution is -2.27. The lowest BCUT2D eigenvalue weighted by atomic mass is 10.1. The molecule has 2 N–H and O–H groups in total. The molecule has 11 heteroatoms. The van der Waals surface area contributed by atoms with E-state index in [4.69, 9.17) is 14.0 Å². The molecule has 0 atom stereocenters. The van der Waals surface area contributed by atoms with Crippen LogP contribution in [0.15, 0.2) is 40.2 Å². The highest BCUT2D eigenvalue weighted by molar-refractivity contribution is 7.14. The number of benzene rings is 1. The van der Waals surface area contributed by atoms with E-state index in [-0.39, 0.29) is 24.6 Å². The Balaban J connectivity index is 1.46. The number of carbonyl (C=O) groups is 3. The molecule has 2 amide bonds. The van der Waals surface area contributed by atoms with E-state index in [1.807, 2.05) is 17.5 Å². The van der Waals surface area contributed by atoms with Gasteiger partial charge in [0.15, 0.2) is 10.8 Å². The quantitative estimate of drug-likeness (QED) is 0.379. The van der Waals surface area contributed by atoms with Crippen molar-refractivity contribution in [2.45, 2.75) is 52.6 Å². The van der Waals surface area contributed by atoms with E-state index in [2.05, 4.69) is 20.8 Å². The molecule has 10 nitrogen and oxygen atoms in total. The van der Waals surface area contributed by atoms with E-state index >= 15 is 0 Å². The molecule has 35 heavy (non-hydrogen) atoms. The number of ether oxygens (including phenoxy) is 2. The monoisotopic (exact) mass is 500 g/mol. The molecule has 0 saturated heterocycles. The summed E-state index contributed by atoms with van der Waals surface area (Å²) in [5, 5.41) is 11.5. The van der Waals surface area contributed by atoms with Gasteiger partial charge in [0.1, 0.15) is 11.4 Å². The van der Waals surface area contributed by atoms with Gasteiger partial charge in [-0.3, -0.25) is 10.1 Å². The Morgan fingerprint density at radius 1 is 1.11 bits per heavy atom. The lowest BCUT2D eigenvalue weighted by Gasteiger charge is -2.19. The van der Waals surface area contributed by atoms with Gasteiger partial charge in [-0.2, -0.15) is 0 Å². The van der Waals surface area contributed by atoms with Crippen molar-refractivity contribution in [1.29, 1.82) is 0 Å². The molecule has 2 heterocycles. The summed E-state index contributed by atoms with van der Waals surface area (Å²) in [6, 6.07) is 8.70. The van der Waals surface area contributed by atoms with E-state index in [0.29, 0.717) is 35.1 Å². The van der Waals surface area contributed by atoms with Crippen molar-refractivity contribution in [3.63, 3.8) is 0 Å². The minimum absolute atomic E-state index is 0.121. The standard InChI is InChI=1S/C24H28N4O6S/c1-5-32-21(30)18-13-17(34-28-18)7-6-8-20(29)27-22-26-19(14-35-22)15-9-11-16(12-10-15)25-23(31)33-24(2,3)4/h9-14H,5-8H2,1-4H3,(H,25,31)(H,26,27,29). The maximum Gasteiger partial charge on any atom is 0.412 e. The molecule has 0 aliphatic rings. The van der Waals surface area contributed by atoms with Crippen LogP contribution in [0.2, 0.25) is 0 Å². The van der Waals surface area contributed by atoms with E-state index in [1.54, 1.807) is 39.8 Å². The first kappa shape index (κ1) is 25.9. The summed E-state index contributed by atoms with van der Waals surface area (Å²) < 4.78 is 15.2. The molecular formula is C24H28N4O6S. The van der Waals surface area contributed by atoms with E-state index in [0.717, 1.165) is 5.56 Å². The zero-order valence-corrected chi connectivity index (χ0v) is 20.9. The van der Waals surface area contributed by atoms with Crippen molar-refractivity contribution in [2.75, 3.05) is 17.2 Å². The summed E-state index contributed by atoms with van der Waals surface area (Å²) >= 11 is 1.32. The van der Waals surface area contributed by atoms with Gasteiger partial charge < -0.3 is 19.3 Å². The second-order valence-electron chi connectivity index (χ2n) is 8.54. The number of hydrogen-bond donors (Lipinski definition) is 2. The summed E-state index contributed by atoms with van der Waals surface area (Å²) in [7, 11) is 0. The number of hydrogen-bond acceptors (Lipinski definition) is 9. The number of thiazole rings is 1. The number of anilines is 2. The van der Waals surface area contributed by atoms with Crippen molar-refractivity contribution in [1.82, 2.24) is 10.1 Å². The molecule has 3 aromatic rings. The number of rotatable bonds is 9. The van der Waals surface area contributed by atoms with Crippen LogP contribution in [0, 0.1) is 0 Å². The average molecular weight is 501 g/mol. The Labute approximate surface area is 207 Å². The van der Waals surface area contributed by atoms with E-state index in [9.17, 15) is 14.4 Å². The predicted octanol–water partition coefficient (Wildman–Crippen LogP) is 5.28.